The van der Waals surface area contributed by atoms with Gasteiger partial charge in [-0.1, -0.05) is 35.9 Å². The van der Waals surface area contributed by atoms with E-state index in [0.29, 0.717) is 17.1 Å². The molecule has 4 aromatic rings. The van der Waals surface area contributed by atoms with Crippen LogP contribution in [0.4, 0.5) is 11.4 Å². The summed E-state index contributed by atoms with van der Waals surface area (Å²) in [5.74, 6) is -0.305. The van der Waals surface area contributed by atoms with Gasteiger partial charge >= 0.3 is 0 Å². The van der Waals surface area contributed by atoms with Crippen LogP contribution in [0.25, 0.3) is 5.69 Å². The molecular weight excluding hydrogens is 508 g/mol. The number of anilines is 2. The molecule has 0 saturated carbocycles. The minimum Gasteiger partial charge on any atom is -0.319 e. The van der Waals surface area contributed by atoms with Crippen LogP contribution in [0.2, 0.25) is 0 Å². The van der Waals surface area contributed by atoms with Gasteiger partial charge in [0.05, 0.1) is 21.5 Å². The number of rotatable bonds is 8. The largest absolute Gasteiger partial charge is 0.319 e. The Labute approximate surface area is 220 Å². The predicted molar refractivity (Wildman–Crippen MR) is 148 cm³/mol. The molecule has 0 spiro atoms. The first kappa shape index (κ1) is 26.3. The normalized spacial score (nSPS) is 12.2. The van der Waals surface area contributed by atoms with E-state index in [1.165, 1.54) is 16.4 Å². The second-order valence-electron chi connectivity index (χ2n) is 8.63. The number of amides is 1. The molecule has 10 heteroatoms. The van der Waals surface area contributed by atoms with Gasteiger partial charge in [0, 0.05) is 17.6 Å². The lowest BCUT2D eigenvalue weighted by atomic mass is 10.2. The van der Waals surface area contributed by atoms with Gasteiger partial charge in [-0.25, -0.2) is 13.1 Å². The van der Waals surface area contributed by atoms with E-state index < -0.39 is 15.3 Å². The van der Waals surface area contributed by atoms with Gasteiger partial charge in [0.15, 0.2) is 0 Å². The summed E-state index contributed by atoms with van der Waals surface area (Å²) in [5, 5.41) is 2.29. The summed E-state index contributed by atoms with van der Waals surface area (Å²) in [6.07, 6.45) is 0. The average Bonchev–Trinajstić information content (AvgIpc) is 3.08. The Bertz CT molecular complexity index is 1570. The zero-order chi connectivity index (χ0) is 26.7. The van der Waals surface area contributed by atoms with Crippen LogP contribution in [0.3, 0.4) is 0 Å². The summed E-state index contributed by atoms with van der Waals surface area (Å²) in [6, 6.07) is 22.6. The number of thioether (sulfide) groups is 1. The van der Waals surface area contributed by atoms with Crippen LogP contribution >= 0.6 is 11.8 Å². The van der Waals surface area contributed by atoms with E-state index in [1.54, 1.807) is 74.1 Å². The number of carbonyl (C=O) groups excluding carboxylic acids is 1. The molecule has 1 atom stereocenters. The number of aromatic nitrogens is 2. The van der Waals surface area contributed by atoms with E-state index in [2.05, 4.69) is 10.0 Å². The minimum atomic E-state index is -3.70. The molecule has 1 heterocycles. The number of carbonyl (C=O) groups is 1. The lowest BCUT2D eigenvalue weighted by molar-refractivity contribution is -0.115. The Hall–Kier alpha value is -3.76. The summed E-state index contributed by atoms with van der Waals surface area (Å²) < 4.78 is 31.0. The fourth-order valence-corrected chi connectivity index (χ4v) is 5.65. The molecule has 192 valence electrons. The topological polar surface area (TPSA) is 102 Å². The summed E-state index contributed by atoms with van der Waals surface area (Å²) in [4.78, 5) is 27.0. The molecule has 2 N–H and O–H groups in total. The molecule has 1 amide bonds. The van der Waals surface area contributed by atoms with Crippen molar-refractivity contribution < 1.29 is 13.2 Å². The minimum absolute atomic E-state index is 0.185. The number of nitrogens with one attached hydrogen (secondary N) is 2. The number of benzene rings is 3. The third-order valence-corrected chi connectivity index (χ3v) is 8.43. The second kappa shape index (κ2) is 10.7. The van der Waals surface area contributed by atoms with Gasteiger partial charge in [-0.3, -0.25) is 19.0 Å². The van der Waals surface area contributed by atoms with Crippen LogP contribution in [0, 0.1) is 13.8 Å². The molecule has 0 aliphatic heterocycles. The van der Waals surface area contributed by atoms with E-state index in [-0.39, 0.29) is 22.0 Å². The number of sulfonamides is 1. The van der Waals surface area contributed by atoms with Crippen molar-refractivity contribution >= 4 is 39.1 Å². The molecule has 0 fully saturated rings. The van der Waals surface area contributed by atoms with Crippen molar-refractivity contribution in [3.8, 4) is 5.69 Å². The van der Waals surface area contributed by atoms with Crippen molar-refractivity contribution in [2.45, 2.75) is 35.8 Å². The second-order valence-corrected chi connectivity index (χ2v) is 11.7. The van der Waals surface area contributed by atoms with E-state index in [0.717, 1.165) is 10.5 Å². The quantitative estimate of drug-likeness (QED) is 0.318. The molecule has 37 heavy (non-hydrogen) atoms. The monoisotopic (exact) mass is 536 g/mol. The molecule has 0 saturated heterocycles. The summed E-state index contributed by atoms with van der Waals surface area (Å²) in [7, 11) is -1.93. The highest BCUT2D eigenvalue weighted by Gasteiger charge is 2.22. The van der Waals surface area contributed by atoms with Gasteiger partial charge in [-0.2, -0.15) is 0 Å². The zero-order valence-corrected chi connectivity index (χ0v) is 22.6. The molecular formula is C27H28N4O4S2. The molecule has 0 bridgehead atoms. The van der Waals surface area contributed by atoms with Crippen molar-refractivity contribution in [2.75, 3.05) is 10.0 Å². The van der Waals surface area contributed by atoms with Gasteiger partial charge in [0.2, 0.25) is 5.91 Å². The maximum Gasteiger partial charge on any atom is 0.295 e. The van der Waals surface area contributed by atoms with E-state index in [9.17, 15) is 18.0 Å². The van der Waals surface area contributed by atoms with Crippen LogP contribution in [-0.2, 0) is 21.9 Å². The summed E-state index contributed by atoms with van der Waals surface area (Å²) in [6.45, 7) is 5.43. The molecule has 0 aliphatic rings. The Morgan fingerprint density at radius 3 is 2.16 bits per heavy atom. The highest BCUT2D eigenvalue weighted by Crippen LogP contribution is 2.27. The molecule has 1 unspecified atom stereocenters. The van der Waals surface area contributed by atoms with Gasteiger partial charge in [0.25, 0.3) is 15.6 Å². The number of nitrogens with zero attached hydrogens (tertiary/aromatic N) is 2. The van der Waals surface area contributed by atoms with Crippen LogP contribution in [0.5, 0.6) is 0 Å². The van der Waals surface area contributed by atoms with Crippen molar-refractivity contribution in [3.63, 3.8) is 0 Å². The van der Waals surface area contributed by atoms with Gasteiger partial charge in [0.1, 0.15) is 5.69 Å². The molecule has 1 aromatic heterocycles. The van der Waals surface area contributed by atoms with Gasteiger partial charge in [-0.15, -0.1) is 11.8 Å². The first-order valence-electron chi connectivity index (χ1n) is 11.6. The first-order valence-corrected chi connectivity index (χ1v) is 13.9. The Morgan fingerprint density at radius 2 is 1.54 bits per heavy atom. The SMILES string of the molecule is Cc1ccc(S(=O)(=O)Nc2ccc(SC(C)C(=O)Nc3c(C)n(C)n(-c4ccccc4)c3=O)cc2)cc1. The predicted octanol–water partition coefficient (Wildman–Crippen LogP) is 4.71. The summed E-state index contributed by atoms with van der Waals surface area (Å²) in [5.41, 5.74) is 2.68. The number of hydrogen-bond acceptors (Lipinski definition) is 5. The third kappa shape index (κ3) is 5.81. The lowest BCUT2D eigenvalue weighted by Gasteiger charge is -2.12. The Balaban J connectivity index is 1.43. The Kier molecular flexibility index (Phi) is 7.60. The van der Waals surface area contributed by atoms with Crippen molar-refractivity contribution in [3.05, 3.63) is 100 Å². The van der Waals surface area contributed by atoms with Crippen LogP contribution in [0.1, 0.15) is 18.2 Å². The smallest absolute Gasteiger partial charge is 0.295 e. The number of para-hydroxylation sites is 1. The Morgan fingerprint density at radius 1 is 0.919 bits per heavy atom. The average molecular weight is 537 g/mol. The van der Waals surface area contributed by atoms with E-state index >= 15 is 0 Å². The molecule has 3 aromatic carbocycles. The lowest BCUT2D eigenvalue weighted by Crippen LogP contribution is -2.27. The third-order valence-electron chi connectivity index (χ3n) is 5.92. The maximum atomic E-state index is 13.1. The molecule has 0 radical (unpaired) electrons. The highest BCUT2D eigenvalue weighted by atomic mass is 32.2. The van der Waals surface area contributed by atoms with Crippen LogP contribution < -0.4 is 15.6 Å². The zero-order valence-electron chi connectivity index (χ0n) is 20.9. The summed E-state index contributed by atoms with van der Waals surface area (Å²) >= 11 is 1.31. The first-order chi connectivity index (χ1) is 17.6. The highest BCUT2D eigenvalue weighted by molar-refractivity contribution is 8.00. The maximum absolute atomic E-state index is 13.1. The fourth-order valence-electron chi connectivity index (χ4n) is 3.73. The van der Waals surface area contributed by atoms with Gasteiger partial charge in [-0.05, 0) is 69.3 Å². The molecule has 8 nitrogen and oxygen atoms in total. The van der Waals surface area contributed by atoms with Crippen LogP contribution in [-0.4, -0.2) is 28.9 Å². The van der Waals surface area contributed by atoms with Crippen molar-refractivity contribution in [2.24, 2.45) is 7.05 Å². The van der Waals surface area contributed by atoms with E-state index in [4.69, 9.17) is 0 Å². The fraction of sp³-hybridized carbons (Fsp3) is 0.185. The number of hydrogen-bond donors (Lipinski definition) is 2. The van der Waals surface area contributed by atoms with Crippen molar-refractivity contribution in [1.82, 2.24) is 9.36 Å². The number of aryl methyl sites for hydroxylation is 1. The van der Waals surface area contributed by atoms with E-state index in [1.807, 2.05) is 37.3 Å². The molecule has 0 aliphatic carbocycles. The standard InChI is InChI=1S/C27H28N4O4S2/c1-18-10-16-24(17-11-18)37(34,35)29-21-12-14-23(15-13-21)36-20(3)26(32)28-25-19(2)30(4)31(27(25)33)22-8-6-5-7-9-22/h5-17,20,29H,1-4H3,(H,28,32). The van der Waals surface area contributed by atoms with Crippen LogP contribution in [0.15, 0.2) is 93.4 Å². The van der Waals surface area contributed by atoms with Crippen molar-refractivity contribution in [1.29, 1.82) is 0 Å². The van der Waals surface area contributed by atoms with Gasteiger partial charge < -0.3 is 5.32 Å². The molecule has 4 rings (SSSR count).